The average molecular weight is 380 g/mol. The van der Waals surface area contributed by atoms with E-state index in [1.54, 1.807) is 29.8 Å². The highest BCUT2D eigenvalue weighted by Crippen LogP contribution is 2.31. The number of carbonyl (C=O) groups is 1. The van der Waals surface area contributed by atoms with Gasteiger partial charge in [0, 0.05) is 23.9 Å². The van der Waals surface area contributed by atoms with Crippen LogP contribution >= 0.6 is 11.8 Å². The molecular formula is C18H12N4O4S. The highest BCUT2D eigenvalue weighted by atomic mass is 32.2. The first-order valence-corrected chi connectivity index (χ1v) is 8.73. The Kier molecular flexibility index (Phi) is 4.00. The van der Waals surface area contributed by atoms with Gasteiger partial charge in [0.2, 0.25) is 0 Å². The molecule has 0 saturated heterocycles. The molecule has 8 nitrogen and oxygen atoms in total. The summed E-state index contributed by atoms with van der Waals surface area (Å²) in [5, 5.41) is 21.4. The molecule has 0 unspecified atom stereocenters. The van der Waals surface area contributed by atoms with Crippen LogP contribution in [-0.2, 0) is 4.79 Å². The first-order chi connectivity index (χ1) is 12.9. The van der Waals surface area contributed by atoms with Crippen molar-refractivity contribution in [3.8, 4) is 11.3 Å². The average Bonchev–Trinajstić information content (AvgIpc) is 3.28. The summed E-state index contributed by atoms with van der Waals surface area (Å²) < 4.78 is 5.76. The number of nitro groups is 1. The quantitative estimate of drug-likeness (QED) is 0.490. The SMILES string of the molecule is Cc1ccc([N+](=O)[O-])cc1-c1ccc(/C=C2/C(=N)N3C=CSC3=NC2=O)o1. The van der Waals surface area contributed by atoms with E-state index in [4.69, 9.17) is 9.83 Å². The number of nitrogens with zero attached hydrogens (tertiary/aromatic N) is 3. The Hall–Kier alpha value is -3.46. The topological polar surface area (TPSA) is 113 Å². The minimum absolute atomic E-state index is 0.0238. The van der Waals surface area contributed by atoms with E-state index in [0.717, 1.165) is 5.56 Å². The fraction of sp³-hybridized carbons (Fsp3) is 0.0556. The van der Waals surface area contributed by atoms with E-state index in [0.29, 0.717) is 22.3 Å². The Morgan fingerprint density at radius 2 is 2.15 bits per heavy atom. The zero-order valence-corrected chi connectivity index (χ0v) is 14.8. The van der Waals surface area contributed by atoms with Gasteiger partial charge in [-0.05, 0) is 36.1 Å². The third-order valence-electron chi connectivity index (χ3n) is 4.12. The Labute approximate surface area is 157 Å². The number of non-ortho nitro benzene ring substituents is 1. The summed E-state index contributed by atoms with van der Waals surface area (Å²) in [5.41, 5.74) is 1.50. The lowest BCUT2D eigenvalue weighted by Crippen LogP contribution is -2.35. The number of hydrogen-bond acceptors (Lipinski definition) is 6. The summed E-state index contributed by atoms with van der Waals surface area (Å²) in [6.07, 6.45) is 3.13. The summed E-state index contributed by atoms with van der Waals surface area (Å²) in [6, 6.07) is 7.86. The van der Waals surface area contributed by atoms with Gasteiger partial charge in [-0.15, -0.1) is 0 Å². The van der Waals surface area contributed by atoms with Crippen LogP contribution in [0.25, 0.3) is 17.4 Å². The van der Waals surface area contributed by atoms with Crippen LogP contribution in [0.3, 0.4) is 0 Å². The highest BCUT2D eigenvalue weighted by Gasteiger charge is 2.31. The van der Waals surface area contributed by atoms with E-state index in [2.05, 4.69) is 4.99 Å². The molecule has 1 N–H and O–H groups in total. The van der Waals surface area contributed by atoms with Gasteiger partial charge in [0.1, 0.15) is 17.4 Å². The van der Waals surface area contributed by atoms with Crippen molar-refractivity contribution in [1.29, 1.82) is 5.41 Å². The number of furan rings is 1. The van der Waals surface area contributed by atoms with Crippen LogP contribution in [0.4, 0.5) is 5.69 Å². The van der Waals surface area contributed by atoms with Gasteiger partial charge in [0.15, 0.2) is 5.17 Å². The molecule has 4 rings (SSSR count). The van der Waals surface area contributed by atoms with Gasteiger partial charge in [0.05, 0.1) is 10.5 Å². The van der Waals surface area contributed by atoms with Crippen LogP contribution in [0.1, 0.15) is 11.3 Å². The number of benzene rings is 1. The molecule has 0 aliphatic carbocycles. The summed E-state index contributed by atoms with van der Waals surface area (Å²) >= 11 is 1.28. The first-order valence-electron chi connectivity index (χ1n) is 7.85. The van der Waals surface area contributed by atoms with E-state index < -0.39 is 10.8 Å². The normalized spacial score (nSPS) is 17.4. The smallest absolute Gasteiger partial charge is 0.283 e. The maximum atomic E-state index is 12.2. The number of thioether (sulfide) groups is 1. The second-order valence-corrected chi connectivity index (χ2v) is 6.71. The number of nitro benzene ring substituents is 1. The van der Waals surface area contributed by atoms with Gasteiger partial charge in [-0.2, -0.15) is 4.99 Å². The summed E-state index contributed by atoms with van der Waals surface area (Å²) in [6.45, 7) is 1.83. The number of amides is 1. The highest BCUT2D eigenvalue weighted by molar-refractivity contribution is 8.16. The van der Waals surface area contributed by atoms with E-state index in [1.165, 1.54) is 34.9 Å². The minimum atomic E-state index is -0.507. The van der Waals surface area contributed by atoms with Crippen LogP contribution in [0, 0.1) is 22.4 Å². The molecule has 3 heterocycles. The first kappa shape index (κ1) is 17.0. The van der Waals surface area contributed by atoms with Crippen LogP contribution in [0.5, 0.6) is 0 Å². The number of aryl methyl sites for hydroxylation is 1. The van der Waals surface area contributed by atoms with Crippen LogP contribution in [0.2, 0.25) is 0 Å². The zero-order valence-electron chi connectivity index (χ0n) is 14.0. The number of rotatable bonds is 3. The largest absolute Gasteiger partial charge is 0.457 e. The molecule has 2 aromatic rings. The van der Waals surface area contributed by atoms with Gasteiger partial charge < -0.3 is 4.42 Å². The van der Waals surface area contributed by atoms with Crippen molar-refractivity contribution >= 4 is 40.4 Å². The molecule has 0 atom stereocenters. The molecule has 27 heavy (non-hydrogen) atoms. The van der Waals surface area contributed by atoms with Crippen molar-refractivity contribution in [1.82, 2.24) is 4.90 Å². The second kappa shape index (κ2) is 6.36. The molecule has 0 fully saturated rings. The molecule has 0 bridgehead atoms. The Morgan fingerprint density at radius 3 is 2.93 bits per heavy atom. The number of amidine groups is 2. The van der Waals surface area contributed by atoms with Gasteiger partial charge in [-0.3, -0.25) is 25.2 Å². The maximum Gasteiger partial charge on any atom is 0.283 e. The van der Waals surface area contributed by atoms with Gasteiger partial charge >= 0.3 is 0 Å². The third kappa shape index (κ3) is 2.97. The van der Waals surface area contributed by atoms with Crippen molar-refractivity contribution < 1.29 is 14.1 Å². The van der Waals surface area contributed by atoms with Crippen molar-refractivity contribution in [2.75, 3.05) is 0 Å². The van der Waals surface area contributed by atoms with Gasteiger partial charge in [-0.25, -0.2) is 0 Å². The van der Waals surface area contributed by atoms with E-state index in [-0.39, 0.29) is 17.1 Å². The van der Waals surface area contributed by atoms with Crippen LogP contribution in [0.15, 0.2) is 56.9 Å². The predicted octanol–water partition coefficient (Wildman–Crippen LogP) is 3.94. The Balaban J connectivity index is 1.70. The van der Waals surface area contributed by atoms with Crippen molar-refractivity contribution in [2.24, 2.45) is 4.99 Å². The Bertz CT molecular complexity index is 1100. The number of carbonyl (C=O) groups excluding carboxylic acids is 1. The third-order valence-corrected chi connectivity index (χ3v) is 4.88. The molecule has 1 aromatic carbocycles. The molecule has 1 amide bonds. The minimum Gasteiger partial charge on any atom is -0.457 e. The van der Waals surface area contributed by atoms with E-state index in [1.807, 2.05) is 6.92 Å². The maximum absolute atomic E-state index is 12.2. The molecule has 134 valence electrons. The van der Waals surface area contributed by atoms with E-state index in [9.17, 15) is 14.9 Å². The van der Waals surface area contributed by atoms with Gasteiger partial charge in [-0.1, -0.05) is 17.8 Å². The lowest BCUT2D eigenvalue weighted by atomic mass is 10.1. The van der Waals surface area contributed by atoms with Crippen LogP contribution < -0.4 is 0 Å². The van der Waals surface area contributed by atoms with Crippen molar-refractivity contribution in [3.05, 3.63) is 69.0 Å². The monoisotopic (exact) mass is 380 g/mol. The summed E-state index contributed by atoms with van der Waals surface area (Å²) in [7, 11) is 0. The van der Waals surface area contributed by atoms with Gasteiger partial charge in [0.25, 0.3) is 11.6 Å². The molecule has 0 spiro atoms. The zero-order chi connectivity index (χ0) is 19.1. The lowest BCUT2D eigenvalue weighted by molar-refractivity contribution is -0.384. The number of hydrogen-bond donors (Lipinski definition) is 1. The predicted molar refractivity (Wildman–Crippen MR) is 102 cm³/mol. The summed E-state index contributed by atoms with van der Waals surface area (Å²) in [4.78, 5) is 28.2. The fourth-order valence-electron chi connectivity index (χ4n) is 2.74. The van der Waals surface area contributed by atoms with E-state index >= 15 is 0 Å². The molecule has 2 aliphatic rings. The van der Waals surface area contributed by atoms with Crippen LogP contribution in [-0.4, -0.2) is 26.7 Å². The number of nitrogens with one attached hydrogen (secondary N) is 1. The molecule has 2 aliphatic heterocycles. The summed E-state index contributed by atoms with van der Waals surface area (Å²) in [5.74, 6) is 0.319. The van der Waals surface area contributed by atoms with Crippen molar-refractivity contribution in [2.45, 2.75) is 6.92 Å². The fourth-order valence-corrected chi connectivity index (χ4v) is 3.44. The molecule has 0 saturated carbocycles. The standard InChI is InChI=1S/C18H12N4O4S/c1-10-2-3-11(22(24)25)8-13(10)15-5-4-12(26-15)9-14-16(19)21-6-7-27-18(21)20-17(14)23/h2-9,19H,1H3/b14-9-,19-16?. The Morgan fingerprint density at radius 1 is 1.33 bits per heavy atom. The number of aliphatic imine (C=N–C) groups is 1. The molecule has 1 aromatic heterocycles. The van der Waals surface area contributed by atoms with Crippen molar-refractivity contribution in [3.63, 3.8) is 0 Å². The number of fused-ring (bicyclic) bond motifs is 1. The second-order valence-electron chi connectivity index (χ2n) is 5.84. The molecule has 9 heteroatoms. The molecular weight excluding hydrogens is 368 g/mol. The molecule has 0 radical (unpaired) electrons. The lowest BCUT2D eigenvalue weighted by Gasteiger charge is -2.21.